The van der Waals surface area contributed by atoms with Crippen LogP contribution in [0.3, 0.4) is 0 Å². The Hall–Kier alpha value is -1.70. The van der Waals surface area contributed by atoms with Gasteiger partial charge in [-0.2, -0.15) is 0 Å². The summed E-state index contributed by atoms with van der Waals surface area (Å²) >= 11 is 0. The van der Waals surface area contributed by atoms with Crippen molar-refractivity contribution in [1.82, 2.24) is 0 Å². The summed E-state index contributed by atoms with van der Waals surface area (Å²) in [5.41, 5.74) is 3.92. The number of hydrogen-bond donors (Lipinski definition) is 0. The maximum Gasteiger partial charge on any atom is 0.166 e. The Kier molecular flexibility index (Phi) is 5.92. The molecular weight excluding hydrogens is 320 g/mol. The maximum atomic E-state index is 2.26. The lowest BCUT2D eigenvalue weighted by Gasteiger charge is -2.09. The monoisotopic (exact) mass is 340 g/mol. The van der Waals surface area contributed by atoms with Gasteiger partial charge in [0.25, 0.3) is 0 Å². The van der Waals surface area contributed by atoms with Crippen LogP contribution >= 0.6 is 0 Å². The molecule has 0 aromatic heterocycles. The molecule has 23 heavy (non-hydrogen) atoms. The molecule has 0 saturated carbocycles. The number of halogens is 1. The van der Waals surface area contributed by atoms with Crippen molar-refractivity contribution in [2.45, 2.75) is 35.5 Å². The first-order valence-corrected chi connectivity index (χ1v) is 8.80. The minimum atomic E-state index is -0.0394. The average Bonchev–Trinajstić information content (AvgIpc) is 2.53. The van der Waals surface area contributed by atoms with Gasteiger partial charge in [-0.3, -0.25) is 0 Å². The smallest absolute Gasteiger partial charge is 0.166 e. The largest absolute Gasteiger partial charge is 1.00 e. The third-order valence-corrected chi connectivity index (χ3v) is 6.00. The first-order chi connectivity index (χ1) is 10.6. The lowest BCUT2D eigenvalue weighted by Crippen LogP contribution is -3.00. The van der Waals surface area contributed by atoms with E-state index < -0.39 is 0 Å². The SMILES string of the molecule is Cc1ccc([S+](c2ccc(C)cc2)c2ccc(C)cc2)cc1.[Cl-]. The molecule has 0 aliphatic rings. The molecule has 0 amide bonds. The van der Waals surface area contributed by atoms with Crippen LogP contribution in [0.4, 0.5) is 0 Å². The van der Waals surface area contributed by atoms with Crippen LogP contribution in [-0.4, -0.2) is 0 Å². The summed E-state index contributed by atoms with van der Waals surface area (Å²) in [6.45, 7) is 6.42. The van der Waals surface area contributed by atoms with E-state index in [9.17, 15) is 0 Å². The molecule has 0 radical (unpaired) electrons. The van der Waals surface area contributed by atoms with E-state index >= 15 is 0 Å². The van der Waals surface area contributed by atoms with Crippen LogP contribution in [0.15, 0.2) is 87.5 Å². The fourth-order valence-corrected chi connectivity index (χ4v) is 4.47. The predicted octanol–water partition coefficient (Wildman–Crippen LogP) is 2.71. The molecule has 118 valence electrons. The minimum absolute atomic E-state index is 0. The van der Waals surface area contributed by atoms with Crippen molar-refractivity contribution in [3.8, 4) is 0 Å². The van der Waals surface area contributed by atoms with Crippen molar-refractivity contribution in [2.75, 3.05) is 0 Å². The fraction of sp³-hybridized carbons (Fsp3) is 0.143. The first-order valence-electron chi connectivity index (χ1n) is 7.58. The third-order valence-electron chi connectivity index (χ3n) is 3.77. The molecule has 0 heterocycles. The van der Waals surface area contributed by atoms with Gasteiger partial charge in [-0.15, -0.1) is 0 Å². The van der Waals surface area contributed by atoms with Crippen molar-refractivity contribution >= 4 is 10.9 Å². The summed E-state index contributed by atoms with van der Waals surface area (Å²) < 4.78 is 0. The van der Waals surface area contributed by atoms with Crippen molar-refractivity contribution < 1.29 is 12.4 Å². The second-order valence-corrected chi connectivity index (χ2v) is 7.77. The molecule has 0 atom stereocenters. The zero-order chi connectivity index (χ0) is 15.5. The number of benzene rings is 3. The first kappa shape index (κ1) is 17.7. The molecule has 0 nitrogen and oxygen atoms in total. The summed E-state index contributed by atoms with van der Waals surface area (Å²) in [5.74, 6) is 0. The van der Waals surface area contributed by atoms with Gasteiger partial charge in [0, 0.05) is 0 Å². The van der Waals surface area contributed by atoms with Gasteiger partial charge in [0.2, 0.25) is 0 Å². The van der Waals surface area contributed by atoms with Crippen LogP contribution in [0.2, 0.25) is 0 Å². The van der Waals surface area contributed by atoms with E-state index in [2.05, 4.69) is 93.6 Å². The fourth-order valence-electron chi connectivity index (χ4n) is 2.43. The van der Waals surface area contributed by atoms with Crippen LogP contribution in [0.5, 0.6) is 0 Å². The van der Waals surface area contributed by atoms with Gasteiger partial charge in [0.15, 0.2) is 14.7 Å². The van der Waals surface area contributed by atoms with E-state index in [4.69, 9.17) is 0 Å². The van der Waals surface area contributed by atoms with Gasteiger partial charge in [-0.1, -0.05) is 53.1 Å². The Morgan fingerprint density at radius 3 is 0.870 bits per heavy atom. The Labute approximate surface area is 148 Å². The van der Waals surface area contributed by atoms with Gasteiger partial charge in [-0.05, 0) is 57.2 Å². The standard InChI is InChI=1S/C21H21S.ClH/c1-16-4-10-19(11-5-16)22(20-12-6-17(2)7-13-20)21-14-8-18(3)9-15-21;/h4-15H,1-3H3;1H/q+1;/p-1. The van der Waals surface area contributed by atoms with E-state index in [1.807, 2.05) is 0 Å². The van der Waals surface area contributed by atoms with Crippen molar-refractivity contribution in [3.05, 3.63) is 89.5 Å². The third kappa shape index (κ3) is 4.19. The summed E-state index contributed by atoms with van der Waals surface area (Å²) in [6.07, 6.45) is 0. The average molecular weight is 341 g/mol. The molecule has 0 bridgehead atoms. The highest BCUT2D eigenvalue weighted by molar-refractivity contribution is 7.97. The predicted molar refractivity (Wildman–Crippen MR) is 95.7 cm³/mol. The molecule has 0 aliphatic heterocycles. The molecule has 2 heteroatoms. The topological polar surface area (TPSA) is 0 Å². The molecule has 0 fully saturated rings. The Morgan fingerprint density at radius 1 is 0.435 bits per heavy atom. The highest BCUT2D eigenvalue weighted by Crippen LogP contribution is 2.31. The van der Waals surface area contributed by atoms with Crippen LogP contribution in [-0.2, 0) is 10.9 Å². The molecule has 0 unspecified atom stereocenters. The highest BCUT2D eigenvalue weighted by atomic mass is 35.5. The maximum absolute atomic E-state index is 2.26. The van der Waals surface area contributed by atoms with Crippen LogP contribution < -0.4 is 12.4 Å². The van der Waals surface area contributed by atoms with E-state index in [0.29, 0.717) is 0 Å². The lowest BCUT2D eigenvalue weighted by molar-refractivity contribution is -0.00000461. The molecule has 0 saturated heterocycles. The lowest BCUT2D eigenvalue weighted by atomic mass is 10.2. The van der Waals surface area contributed by atoms with Gasteiger partial charge < -0.3 is 12.4 Å². The van der Waals surface area contributed by atoms with Crippen molar-refractivity contribution in [2.24, 2.45) is 0 Å². The second-order valence-electron chi connectivity index (χ2n) is 5.75. The normalized spacial score (nSPS) is 10.4. The van der Waals surface area contributed by atoms with Crippen molar-refractivity contribution in [3.63, 3.8) is 0 Å². The second kappa shape index (κ2) is 7.72. The van der Waals surface area contributed by atoms with Crippen LogP contribution in [0, 0.1) is 20.8 Å². The Balaban J connectivity index is 0.00000192. The summed E-state index contributed by atoms with van der Waals surface area (Å²) in [6, 6.07) is 26.8. The summed E-state index contributed by atoms with van der Waals surface area (Å²) in [4.78, 5) is 4.12. The number of aryl methyl sites for hydroxylation is 3. The Bertz CT molecular complexity index is 635. The molecule has 0 N–H and O–H groups in total. The van der Waals surface area contributed by atoms with E-state index in [-0.39, 0.29) is 23.3 Å². The minimum Gasteiger partial charge on any atom is -1.00 e. The number of rotatable bonds is 3. The van der Waals surface area contributed by atoms with Gasteiger partial charge in [0.05, 0.1) is 10.9 Å². The number of hydrogen-bond acceptors (Lipinski definition) is 0. The van der Waals surface area contributed by atoms with Gasteiger partial charge in [-0.25, -0.2) is 0 Å². The van der Waals surface area contributed by atoms with Gasteiger partial charge >= 0.3 is 0 Å². The van der Waals surface area contributed by atoms with Crippen LogP contribution in [0.25, 0.3) is 0 Å². The molecular formula is C21H21ClS. The van der Waals surface area contributed by atoms with E-state index in [1.165, 1.54) is 31.4 Å². The molecule has 3 aromatic rings. The quantitative estimate of drug-likeness (QED) is 0.643. The summed E-state index contributed by atoms with van der Waals surface area (Å²) in [7, 11) is -0.0394. The summed E-state index contributed by atoms with van der Waals surface area (Å²) in [5, 5.41) is 0. The molecule has 3 aromatic carbocycles. The van der Waals surface area contributed by atoms with Crippen molar-refractivity contribution in [1.29, 1.82) is 0 Å². The molecule has 3 rings (SSSR count). The zero-order valence-electron chi connectivity index (χ0n) is 13.7. The zero-order valence-corrected chi connectivity index (χ0v) is 15.3. The van der Waals surface area contributed by atoms with E-state index in [1.54, 1.807) is 0 Å². The van der Waals surface area contributed by atoms with Crippen LogP contribution in [0.1, 0.15) is 16.7 Å². The Morgan fingerprint density at radius 2 is 0.652 bits per heavy atom. The van der Waals surface area contributed by atoms with E-state index in [0.717, 1.165) is 0 Å². The highest BCUT2D eigenvalue weighted by Gasteiger charge is 2.28. The molecule has 0 spiro atoms. The van der Waals surface area contributed by atoms with Gasteiger partial charge in [0.1, 0.15) is 0 Å². The molecule has 0 aliphatic carbocycles.